The fourth-order valence-corrected chi connectivity index (χ4v) is 3.05. The molecule has 0 aliphatic heterocycles. The third-order valence-corrected chi connectivity index (χ3v) is 4.36. The number of benzene rings is 2. The summed E-state index contributed by atoms with van der Waals surface area (Å²) in [6.07, 6.45) is 0. The third-order valence-electron chi connectivity index (χ3n) is 3.04. The highest BCUT2D eigenvalue weighted by Crippen LogP contribution is 2.49. The van der Waals surface area contributed by atoms with Gasteiger partial charge in [0.05, 0.1) is 11.4 Å². The van der Waals surface area contributed by atoms with Crippen molar-refractivity contribution in [3.05, 3.63) is 33.2 Å². The maximum Gasteiger partial charge on any atom is 0.147 e. The molecule has 0 amide bonds. The summed E-state index contributed by atoms with van der Waals surface area (Å²) in [5.74, 6) is 0.150. The first-order valence-electron chi connectivity index (χ1n) is 5.90. The Morgan fingerprint density at radius 3 is 1.40 bits per heavy atom. The minimum Gasteiger partial charge on any atom is -0.505 e. The molecule has 20 heavy (non-hydrogen) atoms. The summed E-state index contributed by atoms with van der Waals surface area (Å²) in [6, 6.07) is 7.16. The number of phenols is 2. The summed E-state index contributed by atoms with van der Waals surface area (Å²) in [7, 11) is 3.46. The SMILES string of the molecule is CNc1ccc(Br)c(-c2c(Br)ccc(NC)c2O)c1O. The van der Waals surface area contributed by atoms with Crippen molar-refractivity contribution >= 4 is 43.2 Å². The summed E-state index contributed by atoms with van der Waals surface area (Å²) in [5.41, 5.74) is 2.23. The Balaban J connectivity index is 2.81. The first-order valence-corrected chi connectivity index (χ1v) is 7.48. The number of aromatic hydroxyl groups is 2. The molecule has 6 heteroatoms. The lowest BCUT2D eigenvalue weighted by molar-refractivity contribution is 0.471. The minimum absolute atomic E-state index is 0.0751. The van der Waals surface area contributed by atoms with E-state index >= 15 is 0 Å². The van der Waals surface area contributed by atoms with Crippen molar-refractivity contribution in [3.63, 3.8) is 0 Å². The van der Waals surface area contributed by atoms with Gasteiger partial charge in [-0.15, -0.1) is 0 Å². The van der Waals surface area contributed by atoms with Gasteiger partial charge < -0.3 is 20.8 Å². The van der Waals surface area contributed by atoms with Crippen LogP contribution in [0.25, 0.3) is 11.1 Å². The molecule has 0 bridgehead atoms. The lowest BCUT2D eigenvalue weighted by Gasteiger charge is -2.16. The largest absolute Gasteiger partial charge is 0.505 e. The van der Waals surface area contributed by atoms with Crippen LogP contribution in [0.4, 0.5) is 11.4 Å². The molecule has 106 valence electrons. The second-order valence-corrected chi connectivity index (χ2v) is 5.85. The maximum absolute atomic E-state index is 10.4. The Bertz CT molecular complexity index is 603. The van der Waals surface area contributed by atoms with Crippen LogP contribution in [0.1, 0.15) is 0 Å². The minimum atomic E-state index is 0.0751. The van der Waals surface area contributed by atoms with Gasteiger partial charge in [0.15, 0.2) is 0 Å². The molecule has 4 N–H and O–H groups in total. The van der Waals surface area contributed by atoms with Gasteiger partial charge >= 0.3 is 0 Å². The lowest BCUT2D eigenvalue weighted by Crippen LogP contribution is -1.94. The van der Waals surface area contributed by atoms with Crippen molar-refractivity contribution in [2.24, 2.45) is 0 Å². The molecule has 0 fully saturated rings. The van der Waals surface area contributed by atoms with Crippen molar-refractivity contribution < 1.29 is 10.2 Å². The van der Waals surface area contributed by atoms with E-state index in [9.17, 15) is 10.2 Å². The Kier molecular flexibility index (Phi) is 4.45. The van der Waals surface area contributed by atoms with Gasteiger partial charge in [-0.2, -0.15) is 0 Å². The number of rotatable bonds is 3. The van der Waals surface area contributed by atoms with E-state index in [2.05, 4.69) is 42.5 Å². The highest BCUT2D eigenvalue weighted by molar-refractivity contribution is 9.11. The van der Waals surface area contributed by atoms with E-state index in [0.717, 1.165) is 0 Å². The van der Waals surface area contributed by atoms with Crippen LogP contribution in [0.3, 0.4) is 0 Å². The summed E-state index contributed by atoms with van der Waals surface area (Å²) >= 11 is 6.84. The molecule has 0 radical (unpaired) electrons. The number of hydrogen-bond acceptors (Lipinski definition) is 4. The standard InChI is InChI=1S/C14H14Br2N2O2/c1-17-9-5-3-7(15)11(13(9)19)12-8(16)4-6-10(18-2)14(12)20/h3-6,17-20H,1-2H3. The second-order valence-electron chi connectivity index (χ2n) is 4.14. The highest BCUT2D eigenvalue weighted by atomic mass is 79.9. The first-order chi connectivity index (χ1) is 9.51. The van der Waals surface area contributed by atoms with Crippen molar-refractivity contribution in [2.75, 3.05) is 24.7 Å². The number of halogens is 2. The van der Waals surface area contributed by atoms with Crippen LogP contribution in [0.15, 0.2) is 33.2 Å². The van der Waals surface area contributed by atoms with Gasteiger partial charge in [-0.3, -0.25) is 0 Å². The molecule has 0 spiro atoms. The Morgan fingerprint density at radius 2 is 1.10 bits per heavy atom. The number of hydrogen-bond donors (Lipinski definition) is 4. The highest BCUT2D eigenvalue weighted by Gasteiger charge is 2.20. The molecule has 0 aliphatic carbocycles. The van der Waals surface area contributed by atoms with Crippen LogP contribution in [-0.2, 0) is 0 Å². The van der Waals surface area contributed by atoms with Crippen molar-refractivity contribution in [3.8, 4) is 22.6 Å². The van der Waals surface area contributed by atoms with Crippen LogP contribution in [0, 0.1) is 0 Å². The first kappa shape index (κ1) is 15.0. The molecule has 0 unspecified atom stereocenters. The van der Waals surface area contributed by atoms with E-state index in [0.29, 0.717) is 31.4 Å². The smallest absolute Gasteiger partial charge is 0.147 e. The quantitative estimate of drug-likeness (QED) is 0.576. The molecular weight excluding hydrogens is 388 g/mol. The normalized spacial score (nSPS) is 10.4. The van der Waals surface area contributed by atoms with E-state index in [1.54, 1.807) is 26.2 Å². The van der Waals surface area contributed by atoms with E-state index < -0.39 is 0 Å². The van der Waals surface area contributed by atoms with Gasteiger partial charge in [-0.05, 0) is 24.3 Å². The molecule has 0 aliphatic rings. The fraction of sp³-hybridized carbons (Fsp3) is 0.143. The molecule has 4 nitrogen and oxygen atoms in total. The predicted octanol–water partition coefficient (Wildman–Crippen LogP) is 4.37. The second kappa shape index (κ2) is 5.93. The van der Waals surface area contributed by atoms with E-state index in [-0.39, 0.29) is 11.5 Å². The average molecular weight is 402 g/mol. The van der Waals surface area contributed by atoms with Crippen LogP contribution >= 0.6 is 31.9 Å². The van der Waals surface area contributed by atoms with Crippen molar-refractivity contribution in [1.29, 1.82) is 0 Å². The Labute approximate surface area is 134 Å². The van der Waals surface area contributed by atoms with Crippen molar-refractivity contribution in [1.82, 2.24) is 0 Å². The monoisotopic (exact) mass is 400 g/mol. The van der Waals surface area contributed by atoms with Crippen LogP contribution in [0.2, 0.25) is 0 Å². The van der Waals surface area contributed by atoms with Crippen LogP contribution < -0.4 is 10.6 Å². The molecule has 2 aromatic carbocycles. The fourth-order valence-electron chi connectivity index (χ4n) is 2.01. The van der Waals surface area contributed by atoms with Crippen LogP contribution in [-0.4, -0.2) is 24.3 Å². The molecule has 2 aromatic rings. The van der Waals surface area contributed by atoms with E-state index in [4.69, 9.17) is 0 Å². The van der Waals surface area contributed by atoms with Gasteiger partial charge in [-0.25, -0.2) is 0 Å². The number of nitrogens with one attached hydrogen (secondary N) is 2. The molecule has 0 atom stereocenters. The van der Waals surface area contributed by atoms with Gasteiger partial charge in [0.2, 0.25) is 0 Å². The molecule has 0 aromatic heterocycles. The van der Waals surface area contributed by atoms with Crippen LogP contribution in [0.5, 0.6) is 11.5 Å². The molecule has 2 rings (SSSR count). The zero-order chi connectivity index (χ0) is 14.9. The average Bonchev–Trinajstić information content (AvgIpc) is 2.42. The van der Waals surface area contributed by atoms with E-state index in [1.165, 1.54) is 0 Å². The van der Waals surface area contributed by atoms with Gasteiger partial charge in [0.1, 0.15) is 11.5 Å². The zero-order valence-electron chi connectivity index (χ0n) is 11.0. The van der Waals surface area contributed by atoms with Gasteiger partial charge in [0.25, 0.3) is 0 Å². The molecule has 0 saturated carbocycles. The summed E-state index contributed by atoms with van der Waals surface area (Å²) in [5, 5.41) is 26.6. The Morgan fingerprint density at radius 1 is 0.750 bits per heavy atom. The third kappa shape index (κ3) is 2.45. The van der Waals surface area contributed by atoms with E-state index in [1.807, 2.05) is 12.1 Å². The maximum atomic E-state index is 10.4. The summed E-state index contributed by atoms with van der Waals surface area (Å²) in [4.78, 5) is 0. The van der Waals surface area contributed by atoms with Gasteiger partial charge in [-0.1, -0.05) is 31.9 Å². The topological polar surface area (TPSA) is 64.5 Å². The molecule has 0 heterocycles. The molecule has 0 saturated heterocycles. The summed E-state index contributed by atoms with van der Waals surface area (Å²) in [6.45, 7) is 0. The molecular formula is C14H14Br2N2O2. The lowest BCUT2D eigenvalue weighted by atomic mass is 10.0. The number of phenolic OH excluding ortho intramolecular Hbond substituents is 2. The van der Waals surface area contributed by atoms with Gasteiger partial charge in [0, 0.05) is 34.2 Å². The zero-order valence-corrected chi connectivity index (χ0v) is 14.1. The predicted molar refractivity (Wildman–Crippen MR) is 89.7 cm³/mol. The van der Waals surface area contributed by atoms with Crippen molar-refractivity contribution in [2.45, 2.75) is 0 Å². The number of anilines is 2. The summed E-state index contributed by atoms with van der Waals surface area (Å²) < 4.78 is 1.39. The Hall–Kier alpha value is -1.40.